The highest BCUT2D eigenvalue weighted by Gasteiger charge is 2.36. The number of hydrogen-bond donors (Lipinski definition) is 3. The van der Waals surface area contributed by atoms with Gasteiger partial charge in [0.1, 0.15) is 11.5 Å². The molecule has 0 aromatic heterocycles. The highest BCUT2D eigenvalue weighted by molar-refractivity contribution is 6.21. The Balaban J connectivity index is 0.000000234. The van der Waals surface area contributed by atoms with E-state index in [1.165, 1.54) is 55.0 Å². The van der Waals surface area contributed by atoms with Crippen LogP contribution < -0.4 is 15.2 Å². The van der Waals surface area contributed by atoms with Crippen molar-refractivity contribution in [2.75, 3.05) is 26.3 Å². The first-order chi connectivity index (χ1) is 37.6. The molecule has 0 atom stereocenters. The number of aliphatic hydroxyl groups is 2. The van der Waals surface area contributed by atoms with Gasteiger partial charge in [0.05, 0.1) is 35.5 Å². The SMILES string of the molecule is CCC(CC)(c1ccc(/C=C/C2(O)CCCC2)c(C)c1)c1ccc(OCCCCCN)c(C)c1.CCC(CC)(c1ccc(/C=C/C2(O)CCCC2)c(C)c1)c1ccc(OCCCCCN2C(=O)c3ccccc3C2=O)c(C)c1. The molecule has 1 heterocycles. The van der Waals surface area contributed by atoms with Crippen LogP contribution in [0, 0.1) is 27.7 Å². The van der Waals surface area contributed by atoms with Crippen molar-refractivity contribution in [1.29, 1.82) is 0 Å². The van der Waals surface area contributed by atoms with Gasteiger partial charge in [-0.3, -0.25) is 14.5 Å². The van der Waals surface area contributed by atoms with E-state index in [1.807, 2.05) is 12.2 Å². The molecule has 0 bridgehead atoms. The van der Waals surface area contributed by atoms with Gasteiger partial charge in [0, 0.05) is 17.4 Å². The first-order valence-electron chi connectivity index (χ1n) is 29.8. The Morgan fingerprint density at radius 1 is 0.513 bits per heavy atom. The summed E-state index contributed by atoms with van der Waals surface area (Å²) < 4.78 is 12.2. The number of carbonyl (C=O) groups is 2. The van der Waals surface area contributed by atoms with Gasteiger partial charge in [0.15, 0.2) is 0 Å². The molecule has 5 aromatic carbocycles. The molecule has 418 valence electrons. The average Bonchev–Trinajstić information content (AvgIpc) is 4.24. The minimum absolute atomic E-state index is 0.0267. The zero-order valence-electron chi connectivity index (χ0n) is 48.7. The molecule has 4 N–H and O–H groups in total. The Bertz CT molecular complexity index is 2820. The van der Waals surface area contributed by atoms with E-state index in [0.29, 0.717) is 24.3 Å². The van der Waals surface area contributed by atoms with Crippen molar-refractivity contribution in [1.82, 2.24) is 4.90 Å². The van der Waals surface area contributed by atoms with Crippen LogP contribution >= 0.6 is 0 Å². The summed E-state index contributed by atoms with van der Waals surface area (Å²) in [6, 6.07) is 34.0. The molecule has 78 heavy (non-hydrogen) atoms. The van der Waals surface area contributed by atoms with Gasteiger partial charge in [0.2, 0.25) is 0 Å². The van der Waals surface area contributed by atoms with Gasteiger partial charge in [-0.25, -0.2) is 0 Å². The quantitative estimate of drug-likeness (QED) is 0.0393. The first-order valence-corrected chi connectivity index (χ1v) is 29.8. The van der Waals surface area contributed by atoms with Crippen molar-refractivity contribution in [3.8, 4) is 11.5 Å². The molecular formula is C70H92N2O6. The van der Waals surface area contributed by atoms with Crippen LogP contribution in [0.1, 0.15) is 220 Å². The van der Waals surface area contributed by atoms with E-state index in [4.69, 9.17) is 15.2 Å². The Hall–Kier alpha value is -5.80. The number of aryl methyl sites for hydroxylation is 4. The number of imide groups is 1. The van der Waals surface area contributed by atoms with Crippen molar-refractivity contribution < 1.29 is 29.3 Å². The maximum Gasteiger partial charge on any atom is 0.261 e. The molecule has 2 aliphatic carbocycles. The molecular weight excluding hydrogens is 965 g/mol. The molecule has 2 amide bonds. The number of benzene rings is 5. The second-order valence-corrected chi connectivity index (χ2v) is 22.9. The summed E-state index contributed by atoms with van der Waals surface area (Å²) in [5.74, 6) is 1.51. The van der Waals surface area contributed by atoms with Crippen LogP contribution in [0.3, 0.4) is 0 Å². The Kier molecular flexibility index (Phi) is 21.0. The minimum atomic E-state index is -0.648. The summed E-state index contributed by atoms with van der Waals surface area (Å²) in [4.78, 5) is 26.5. The molecule has 5 aromatic rings. The van der Waals surface area contributed by atoms with Crippen molar-refractivity contribution in [3.05, 3.63) is 176 Å². The number of carbonyl (C=O) groups excluding carboxylic acids is 2. The Labute approximate surface area is 468 Å². The van der Waals surface area contributed by atoms with Crippen LogP contribution in [0.25, 0.3) is 12.2 Å². The molecule has 8 rings (SSSR count). The summed E-state index contributed by atoms with van der Waals surface area (Å²) in [5, 5.41) is 21.4. The molecule has 2 fully saturated rings. The second-order valence-electron chi connectivity index (χ2n) is 22.9. The van der Waals surface area contributed by atoms with E-state index in [0.717, 1.165) is 146 Å². The van der Waals surface area contributed by atoms with E-state index >= 15 is 0 Å². The van der Waals surface area contributed by atoms with E-state index in [1.54, 1.807) is 24.3 Å². The summed E-state index contributed by atoms with van der Waals surface area (Å²) in [5.41, 5.74) is 17.7. The van der Waals surface area contributed by atoms with Gasteiger partial charge in [-0.1, -0.05) is 150 Å². The van der Waals surface area contributed by atoms with Crippen LogP contribution in [0.4, 0.5) is 0 Å². The first kappa shape index (κ1) is 59.9. The molecule has 1 aliphatic heterocycles. The van der Waals surface area contributed by atoms with Crippen LogP contribution in [0.15, 0.2) is 109 Å². The number of hydrogen-bond acceptors (Lipinski definition) is 7. The predicted octanol–water partition coefficient (Wildman–Crippen LogP) is 15.8. The van der Waals surface area contributed by atoms with Gasteiger partial charge in [-0.2, -0.15) is 0 Å². The summed E-state index contributed by atoms with van der Waals surface area (Å²) >= 11 is 0. The largest absolute Gasteiger partial charge is 0.493 e. The topological polar surface area (TPSA) is 122 Å². The summed E-state index contributed by atoms with van der Waals surface area (Å²) in [6.07, 6.45) is 25.9. The normalized spacial score (nSPS) is 16.1. The maximum absolute atomic E-state index is 12.6. The van der Waals surface area contributed by atoms with Gasteiger partial charge < -0.3 is 25.4 Å². The lowest BCUT2D eigenvalue weighted by molar-refractivity contribution is 0.0650. The highest BCUT2D eigenvalue weighted by Crippen LogP contribution is 2.43. The van der Waals surface area contributed by atoms with Crippen molar-refractivity contribution in [2.45, 2.75) is 193 Å². The molecule has 0 unspecified atom stereocenters. The number of nitrogens with two attached hydrogens (primary N) is 1. The fourth-order valence-electron chi connectivity index (χ4n) is 12.6. The number of unbranched alkanes of at least 4 members (excludes halogenated alkanes) is 4. The van der Waals surface area contributed by atoms with Crippen LogP contribution in [-0.2, 0) is 10.8 Å². The monoisotopic (exact) mass is 1060 g/mol. The molecule has 2 saturated carbocycles. The number of amides is 2. The lowest BCUT2D eigenvalue weighted by Gasteiger charge is -2.34. The maximum atomic E-state index is 12.6. The van der Waals surface area contributed by atoms with E-state index < -0.39 is 11.2 Å². The van der Waals surface area contributed by atoms with Gasteiger partial charge in [-0.15, -0.1) is 0 Å². The Morgan fingerprint density at radius 2 is 0.885 bits per heavy atom. The third-order valence-electron chi connectivity index (χ3n) is 17.9. The van der Waals surface area contributed by atoms with Gasteiger partial charge in [-0.05, 0) is 204 Å². The number of rotatable bonds is 25. The van der Waals surface area contributed by atoms with Crippen molar-refractivity contribution >= 4 is 24.0 Å². The second kappa shape index (κ2) is 27.4. The molecule has 8 heteroatoms. The third kappa shape index (κ3) is 14.0. The smallest absolute Gasteiger partial charge is 0.261 e. The number of nitrogens with zero attached hydrogens (tertiary/aromatic N) is 1. The van der Waals surface area contributed by atoms with Crippen molar-refractivity contribution in [3.63, 3.8) is 0 Å². The third-order valence-corrected chi connectivity index (χ3v) is 17.9. The number of fused-ring (bicyclic) bond motifs is 1. The lowest BCUT2D eigenvalue weighted by atomic mass is 9.70. The fourth-order valence-corrected chi connectivity index (χ4v) is 12.6. The summed E-state index contributed by atoms with van der Waals surface area (Å²) in [7, 11) is 0. The summed E-state index contributed by atoms with van der Waals surface area (Å²) in [6.45, 7) is 20.3. The fraction of sp³-hybridized carbons (Fsp3) is 0.486. The van der Waals surface area contributed by atoms with Gasteiger partial charge in [0.25, 0.3) is 11.8 Å². The molecule has 0 radical (unpaired) electrons. The van der Waals surface area contributed by atoms with Gasteiger partial charge >= 0.3 is 0 Å². The minimum Gasteiger partial charge on any atom is -0.493 e. The molecule has 3 aliphatic rings. The van der Waals surface area contributed by atoms with Crippen LogP contribution in [0.5, 0.6) is 11.5 Å². The highest BCUT2D eigenvalue weighted by atomic mass is 16.5. The zero-order valence-corrected chi connectivity index (χ0v) is 48.7. The molecule has 0 spiro atoms. The molecule has 0 saturated heterocycles. The molecule has 8 nitrogen and oxygen atoms in total. The average molecular weight is 1060 g/mol. The number of ether oxygens (including phenoxy) is 2. The van der Waals surface area contributed by atoms with E-state index in [9.17, 15) is 19.8 Å². The Morgan fingerprint density at radius 3 is 1.24 bits per heavy atom. The van der Waals surface area contributed by atoms with Crippen LogP contribution in [-0.4, -0.2) is 64.4 Å². The van der Waals surface area contributed by atoms with E-state index in [-0.39, 0.29) is 22.6 Å². The van der Waals surface area contributed by atoms with Crippen molar-refractivity contribution in [2.24, 2.45) is 5.73 Å². The van der Waals surface area contributed by atoms with Crippen LogP contribution in [0.2, 0.25) is 0 Å². The zero-order chi connectivity index (χ0) is 55.9. The van der Waals surface area contributed by atoms with E-state index in [2.05, 4.69) is 140 Å². The standard InChI is InChI=1S/C39H47NO4.C31H45NO2/c1-5-39(6-2,31-17-16-30(28(3)26-31)20-23-38(43)21-10-11-22-38)32-18-19-35(29(4)27-32)44-25-13-7-12-24-40-36(41)33-14-8-9-15-34(33)37(40)42;1-5-31(6-2,28-14-15-29(25(4)23-28)34-21-11-7-10-20-32)27-13-12-26(24(3)22-27)16-19-30(33)17-8-9-18-30/h8-9,14-20,23,26-27,43H,5-7,10-13,21-22,24-25H2,1-4H3;12-16,19,22-23,33H,5-11,17-18,20-21,32H2,1-4H3/b23-20+;19-16+. The predicted molar refractivity (Wildman–Crippen MR) is 322 cm³/mol. The lowest BCUT2D eigenvalue weighted by Crippen LogP contribution is -2.30.